The highest BCUT2D eigenvalue weighted by molar-refractivity contribution is 5.50. The molecule has 0 radical (unpaired) electrons. The average molecular weight is 162 g/mol. The molecule has 0 saturated heterocycles. The van der Waals surface area contributed by atoms with Crippen molar-refractivity contribution in [3.8, 4) is 5.69 Å². The fourth-order valence-electron chi connectivity index (χ4n) is 1.17. The molecule has 2 aromatic rings. The van der Waals surface area contributed by atoms with E-state index in [0.29, 0.717) is 0 Å². The minimum absolute atomic E-state index is 0.770. The Hall–Kier alpha value is -1.71. The number of aryl methyl sites for hydroxylation is 1. The number of nitrogen functional groups attached to an aromatic ring is 1. The normalized spacial score (nSPS) is 10.4. The fourth-order valence-corrected chi connectivity index (χ4v) is 1.17. The van der Waals surface area contributed by atoms with E-state index >= 15 is 0 Å². The maximum atomic E-state index is 5.68. The standard InChI is InChI=1S/C8H10N4/c1-6-2-7(9)4-8(3-6)12-5-10-11-12/h2-5,11H,9H2,1H3. The van der Waals surface area contributed by atoms with Crippen LogP contribution in [0.5, 0.6) is 0 Å². The van der Waals surface area contributed by atoms with Crippen molar-refractivity contribution in [2.24, 2.45) is 0 Å². The van der Waals surface area contributed by atoms with Crippen LogP contribution in [0.25, 0.3) is 5.69 Å². The van der Waals surface area contributed by atoms with Crippen LogP contribution in [-0.2, 0) is 0 Å². The molecule has 2 rings (SSSR count). The molecule has 0 fully saturated rings. The van der Waals surface area contributed by atoms with Crippen LogP contribution < -0.4 is 5.73 Å². The average Bonchev–Trinajstić information content (AvgIpc) is 1.79. The summed E-state index contributed by atoms with van der Waals surface area (Å²) >= 11 is 0. The zero-order chi connectivity index (χ0) is 8.55. The van der Waals surface area contributed by atoms with Gasteiger partial charge in [-0.15, -0.1) is 5.10 Å². The van der Waals surface area contributed by atoms with Gasteiger partial charge in [-0.1, -0.05) is 0 Å². The smallest absolute Gasteiger partial charge is 0.138 e. The SMILES string of the molecule is Cc1cc(N)cc(-n2cn[nH]2)c1. The molecule has 4 nitrogen and oxygen atoms in total. The molecule has 3 N–H and O–H groups in total. The third-order valence-corrected chi connectivity index (χ3v) is 1.70. The Balaban J connectivity index is 2.49. The van der Waals surface area contributed by atoms with Gasteiger partial charge in [0.1, 0.15) is 6.33 Å². The van der Waals surface area contributed by atoms with Gasteiger partial charge < -0.3 is 5.73 Å². The molecular weight excluding hydrogens is 152 g/mol. The Morgan fingerprint density at radius 2 is 2.17 bits per heavy atom. The van der Waals surface area contributed by atoms with Crippen LogP contribution in [0.4, 0.5) is 5.69 Å². The van der Waals surface area contributed by atoms with Gasteiger partial charge >= 0.3 is 0 Å². The second-order valence-corrected chi connectivity index (χ2v) is 2.82. The van der Waals surface area contributed by atoms with E-state index < -0.39 is 0 Å². The van der Waals surface area contributed by atoms with Gasteiger partial charge in [0.2, 0.25) is 0 Å². The third-order valence-electron chi connectivity index (χ3n) is 1.70. The number of nitrogens with zero attached hydrogens (tertiary/aromatic N) is 2. The fraction of sp³-hybridized carbons (Fsp3) is 0.125. The van der Waals surface area contributed by atoms with Gasteiger partial charge in [0, 0.05) is 5.69 Å². The van der Waals surface area contributed by atoms with E-state index in [-0.39, 0.29) is 0 Å². The zero-order valence-electron chi connectivity index (χ0n) is 6.78. The van der Waals surface area contributed by atoms with Crippen LogP contribution in [0, 0.1) is 6.92 Å². The number of nitrogens with one attached hydrogen (secondary N) is 1. The lowest BCUT2D eigenvalue weighted by Crippen LogP contribution is -2.08. The number of aromatic nitrogens is 3. The van der Waals surface area contributed by atoms with Crippen LogP contribution in [0.2, 0.25) is 0 Å². The molecule has 0 saturated carbocycles. The first-order valence-corrected chi connectivity index (χ1v) is 3.71. The van der Waals surface area contributed by atoms with E-state index in [9.17, 15) is 0 Å². The molecule has 0 aliphatic carbocycles. The van der Waals surface area contributed by atoms with Gasteiger partial charge in [-0.05, 0) is 30.7 Å². The zero-order valence-corrected chi connectivity index (χ0v) is 6.78. The summed E-state index contributed by atoms with van der Waals surface area (Å²) in [6, 6.07) is 5.86. The number of hydrogen-bond acceptors (Lipinski definition) is 2. The van der Waals surface area contributed by atoms with E-state index in [0.717, 1.165) is 16.9 Å². The molecule has 1 aromatic carbocycles. The molecule has 0 aliphatic heterocycles. The molecule has 0 unspecified atom stereocenters. The van der Waals surface area contributed by atoms with Gasteiger partial charge in [-0.3, -0.25) is 0 Å². The highest BCUT2D eigenvalue weighted by Gasteiger charge is 1.98. The summed E-state index contributed by atoms with van der Waals surface area (Å²) in [5.74, 6) is 0. The van der Waals surface area contributed by atoms with Crippen LogP contribution in [0.15, 0.2) is 24.5 Å². The minimum Gasteiger partial charge on any atom is -0.399 e. The summed E-state index contributed by atoms with van der Waals surface area (Å²) in [7, 11) is 0. The van der Waals surface area contributed by atoms with Crippen molar-refractivity contribution in [2.75, 3.05) is 5.73 Å². The Kier molecular flexibility index (Phi) is 1.40. The number of H-pyrrole nitrogens is 1. The molecule has 0 bridgehead atoms. The molecule has 0 aliphatic rings. The maximum Gasteiger partial charge on any atom is 0.138 e. The quantitative estimate of drug-likeness (QED) is 0.616. The molecule has 0 spiro atoms. The lowest BCUT2D eigenvalue weighted by atomic mass is 10.2. The van der Waals surface area contributed by atoms with Crippen molar-refractivity contribution >= 4 is 5.69 Å². The summed E-state index contributed by atoms with van der Waals surface area (Å²) in [5, 5.41) is 6.51. The third kappa shape index (κ3) is 1.07. The number of hydrogen-bond donors (Lipinski definition) is 2. The Labute approximate surface area is 70.0 Å². The summed E-state index contributed by atoms with van der Waals surface area (Å²) in [6.45, 7) is 2.01. The molecule has 0 atom stereocenters. The molecule has 1 aromatic heterocycles. The van der Waals surface area contributed by atoms with E-state index in [4.69, 9.17) is 5.73 Å². The van der Waals surface area contributed by atoms with Gasteiger partial charge in [-0.25, -0.2) is 9.90 Å². The van der Waals surface area contributed by atoms with Crippen LogP contribution in [0.3, 0.4) is 0 Å². The summed E-state index contributed by atoms with van der Waals surface area (Å²) in [5.41, 5.74) is 8.61. The summed E-state index contributed by atoms with van der Waals surface area (Å²) in [4.78, 5) is 0. The molecule has 12 heavy (non-hydrogen) atoms. The maximum absolute atomic E-state index is 5.68. The second kappa shape index (κ2) is 2.41. The number of nitrogens with two attached hydrogens (primary N) is 1. The van der Waals surface area contributed by atoms with Gasteiger partial charge in [0.15, 0.2) is 0 Å². The Morgan fingerprint density at radius 1 is 1.42 bits per heavy atom. The lowest BCUT2D eigenvalue weighted by Gasteiger charge is -2.09. The van der Waals surface area contributed by atoms with E-state index in [1.54, 1.807) is 6.33 Å². The predicted molar refractivity (Wildman–Crippen MR) is 47.1 cm³/mol. The Morgan fingerprint density at radius 3 is 2.67 bits per heavy atom. The van der Waals surface area contributed by atoms with Gasteiger partial charge in [0.25, 0.3) is 0 Å². The first-order chi connectivity index (χ1) is 5.75. The molecule has 0 amide bonds. The van der Waals surface area contributed by atoms with Crippen molar-refractivity contribution in [3.05, 3.63) is 30.1 Å². The topological polar surface area (TPSA) is 59.6 Å². The molecular formula is C8H10N4. The largest absolute Gasteiger partial charge is 0.399 e. The van der Waals surface area contributed by atoms with E-state index in [1.165, 1.54) is 0 Å². The Bertz CT molecular complexity index is 356. The molecule has 4 heteroatoms. The highest BCUT2D eigenvalue weighted by Crippen LogP contribution is 2.13. The molecule has 62 valence electrons. The first kappa shape index (κ1) is 6.97. The van der Waals surface area contributed by atoms with Crippen LogP contribution in [-0.4, -0.2) is 15.0 Å². The minimum atomic E-state index is 0.770. The monoisotopic (exact) mass is 162 g/mol. The van der Waals surface area contributed by atoms with Crippen molar-refractivity contribution in [2.45, 2.75) is 6.92 Å². The summed E-state index contributed by atoms with van der Waals surface area (Å²) < 4.78 is 1.81. The highest BCUT2D eigenvalue weighted by atomic mass is 15.5. The van der Waals surface area contributed by atoms with Crippen LogP contribution in [0.1, 0.15) is 5.56 Å². The van der Waals surface area contributed by atoms with Gasteiger partial charge in [-0.2, -0.15) is 0 Å². The van der Waals surface area contributed by atoms with Gasteiger partial charge in [0.05, 0.1) is 5.69 Å². The number of anilines is 1. The summed E-state index contributed by atoms with van der Waals surface area (Å²) in [6.07, 6.45) is 1.70. The second-order valence-electron chi connectivity index (χ2n) is 2.82. The first-order valence-electron chi connectivity index (χ1n) is 3.71. The van der Waals surface area contributed by atoms with Crippen molar-refractivity contribution in [1.82, 2.24) is 15.0 Å². The van der Waals surface area contributed by atoms with E-state index in [1.807, 2.05) is 29.8 Å². The lowest BCUT2D eigenvalue weighted by molar-refractivity contribution is 0.645. The van der Waals surface area contributed by atoms with Crippen molar-refractivity contribution < 1.29 is 0 Å². The predicted octanol–water partition coefficient (Wildman–Crippen LogP) is 1.09. The van der Waals surface area contributed by atoms with Crippen LogP contribution >= 0.6 is 0 Å². The van der Waals surface area contributed by atoms with Crippen molar-refractivity contribution in [3.63, 3.8) is 0 Å². The molecule has 1 heterocycles. The van der Waals surface area contributed by atoms with E-state index in [2.05, 4.69) is 10.3 Å². The number of rotatable bonds is 1. The number of aromatic amines is 1. The van der Waals surface area contributed by atoms with Crippen molar-refractivity contribution in [1.29, 1.82) is 0 Å². The number of benzene rings is 1.